The summed E-state index contributed by atoms with van der Waals surface area (Å²) in [7, 11) is 0. The summed E-state index contributed by atoms with van der Waals surface area (Å²) in [6.45, 7) is 8.93. The predicted molar refractivity (Wildman–Crippen MR) is 153 cm³/mol. The average molecular weight is 530 g/mol. The molecule has 39 heavy (non-hydrogen) atoms. The lowest BCUT2D eigenvalue weighted by atomic mass is 10.1. The van der Waals surface area contributed by atoms with Gasteiger partial charge in [0.1, 0.15) is 11.6 Å². The molecule has 2 aromatic carbocycles. The fourth-order valence-corrected chi connectivity index (χ4v) is 5.97. The lowest BCUT2D eigenvalue weighted by molar-refractivity contribution is 0.209. The SMILES string of the molecule is CC(C)N1CCN(c2ccc(Nc3ncc4c(n3)N(C3CCCC3)C(=O)N(c3ccccc3F)C4)cc2)CC1. The molecule has 8 nitrogen and oxygen atoms in total. The van der Waals surface area contributed by atoms with Gasteiger partial charge in [0.15, 0.2) is 0 Å². The van der Waals surface area contributed by atoms with Gasteiger partial charge in [0, 0.05) is 61.4 Å². The van der Waals surface area contributed by atoms with Crippen molar-refractivity contribution in [3.8, 4) is 0 Å². The first-order valence-corrected chi connectivity index (χ1v) is 14.0. The Hall–Kier alpha value is -3.72. The number of nitrogens with zero attached hydrogens (tertiary/aromatic N) is 6. The van der Waals surface area contributed by atoms with E-state index in [0.29, 0.717) is 17.8 Å². The van der Waals surface area contributed by atoms with Crippen molar-refractivity contribution in [3.05, 3.63) is 66.1 Å². The maximum Gasteiger partial charge on any atom is 0.330 e. The molecule has 0 atom stereocenters. The number of fused-ring (bicyclic) bond motifs is 1. The Balaban J connectivity index is 1.22. The highest BCUT2D eigenvalue weighted by Crippen LogP contribution is 2.37. The molecule has 0 radical (unpaired) electrons. The van der Waals surface area contributed by atoms with Crippen molar-refractivity contribution < 1.29 is 9.18 Å². The number of para-hydroxylation sites is 1. The molecule has 0 bridgehead atoms. The smallest absolute Gasteiger partial charge is 0.330 e. The highest BCUT2D eigenvalue weighted by molar-refractivity contribution is 6.06. The second-order valence-corrected chi connectivity index (χ2v) is 11.0. The minimum absolute atomic E-state index is 0.0454. The average Bonchev–Trinajstić information content (AvgIpc) is 3.48. The summed E-state index contributed by atoms with van der Waals surface area (Å²) in [6, 6.07) is 15.2. The molecule has 2 fully saturated rings. The summed E-state index contributed by atoms with van der Waals surface area (Å²) >= 11 is 0. The van der Waals surface area contributed by atoms with E-state index < -0.39 is 5.82 Å². The number of hydrogen-bond donors (Lipinski definition) is 1. The Kier molecular flexibility index (Phi) is 7.08. The van der Waals surface area contributed by atoms with Crippen molar-refractivity contribution in [1.29, 1.82) is 0 Å². The zero-order valence-electron chi connectivity index (χ0n) is 22.7. The number of piperazine rings is 1. The van der Waals surface area contributed by atoms with Crippen LogP contribution >= 0.6 is 0 Å². The Morgan fingerprint density at radius 3 is 2.38 bits per heavy atom. The number of benzene rings is 2. The van der Waals surface area contributed by atoms with E-state index in [2.05, 4.69) is 46.1 Å². The van der Waals surface area contributed by atoms with Crippen LogP contribution in [0.15, 0.2) is 54.7 Å². The Morgan fingerprint density at radius 1 is 0.974 bits per heavy atom. The summed E-state index contributed by atoms with van der Waals surface area (Å²) in [5, 5.41) is 3.32. The van der Waals surface area contributed by atoms with E-state index in [-0.39, 0.29) is 24.3 Å². The van der Waals surface area contributed by atoms with Gasteiger partial charge in [0.25, 0.3) is 0 Å². The molecule has 2 aliphatic heterocycles. The van der Waals surface area contributed by atoms with Crippen molar-refractivity contribution in [3.63, 3.8) is 0 Å². The predicted octanol–water partition coefficient (Wildman–Crippen LogP) is 5.78. The van der Waals surface area contributed by atoms with Gasteiger partial charge in [-0.1, -0.05) is 25.0 Å². The highest BCUT2D eigenvalue weighted by Gasteiger charge is 2.39. The van der Waals surface area contributed by atoms with E-state index in [1.807, 2.05) is 12.1 Å². The molecule has 3 heterocycles. The monoisotopic (exact) mass is 529 g/mol. The Labute approximate surface area is 229 Å². The Morgan fingerprint density at radius 2 is 1.69 bits per heavy atom. The summed E-state index contributed by atoms with van der Waals surface area (Å²) < 4.78 is 14.7. The maximum atomic E-state index is 14.7. The molecule has 1 saturated heterocycles. The lowest BCUT2D eigenvalue weighted by Crippen LogP contribution is -2.52. The number of carbonyl (C=O) groups is 1. The number of nitrogens with one attached hydrogen (secondary N) is 1. The van der Waals surface area contributed by atoms with Gasteiger partial charge in [-0.3, -0.25) is 14.7 Å². The van der Waals surface area contributed by atoms with Crippen molar-refractivity contribution in [2.45, 2.75) is 58.2 Å². The molecule has 3 aliphatic rings. The second kappa shape index (κ2) is 10.8. The molecule has 3 aromatic rings. The van der Waals surface area contributed by atoms with Crippen molar-refractivity contribution in [1.82, 2.24) is 14.9 Å². The minimum atomic E-state index is -0.412. The van der Waals surface area contributed by atoms with Crippen LogP contribution < -0.4 is 20.0 Å². The van der Waals surface area contributed by atoms with Crippen molar-refractivity contribution >= 4 is 34.9 Å². The normalized spacial score (nSPS) is 18.7. The van der Waals surface area contributed by atoms with Crippen LogP contribution in [0, 0.1) is 5.82 Å². The van der Waals surface area contributed by atoms with Crippen LogP contribution in [0.2, 0.25) is 0 Å². The van der Waals surface area contributed by atoms with Crippen molar-refractivity contribution in [2.75, 3.05) is 46.2 Å². The molecule has 1 saturated carbocycles. The number of halogens is 1. The van der Waals surface area contributed by atoms with E-state index in [1.165, 1.54) is 16.7 Å². The molecule has 204 valence electrons. The molecular formula is C30H36FN7O. The molecule has 1 aliphatic carbocycles. The lowest BCUT2D eigenvalue weighted by Gasteiger charge is -2.39. The van der Waals surface area contributed by atoms with Gasteiger partial charge in [0.2, 0.25) is 5.95 Å². The first-order valence-electron chi connectivity index (χ1n) is 14.0. The summed E-state index contributed by atoms with van der Waals surface area (Å²) in [6.07, 6.45) is 5.72. The third-order valence-corrected chi connectivity index (χ3v) is 8.20. The van der Waals surface area contributed by atoms with E-state index in [1.54, 1.807) is 29.3 Å². The zero-order valence-corrected chi connectivity index (χ0v) is 22.7. The molecule has 0 spiro atoms. The number of urea groups is 1. The molecule has 1 N–H and O–H groups in total. The molecule has 9 heteroatoms. The summed E-state index contributed by atoms with van der Waals surface area (Å²) in [4.78, 5) is 31.3. The third-order valence-electron chi connectivity index (χ3n) is 8.20. The van der Waals surface area contributed by atoms with Gasteiger partial charge < -0.3 is 10.2 Å². The van der Waals surface area contributed by atoms with Gasteiger partial charge in [-0.05, 0) is 63.1 Å². The third kappa shape index (κ3) is 5.15. The van der Waals surface area contributed by atoms with Crippen LogP contribution in [0.3, 0.4) is 0 Å². The zero-order chi connectivity index (χ0) is 26.9. The number of rotatable bonds is 6. The van der Waals surface area contributed by atoms with Gasteiger partial charge in [-0.15, -0.1) is 0 Å². The molecule has 2 amide bonds. The van der Waals surface area contributed by atoms with E-state index >= 15 is 0 Å². The quantitative estimate of drug-likeness (QED) is 0.437. The fraction of sp³-hybridized carbons (Fsp3) is 0.433. The maximum absolute atomic E-state index is 14.7. The standard InChI is InChI=1S/C30H36FN7O/c1-21(2)35-15-17-36(18-16-35)24-13-11-23(12-14-24)33-29-32-19-22-20-37(27-10-6-5-9-26(27)31)30(39)38(28(22)34-29)25-7-3-4-8-25/h5-6,9-14,19,21,25H,3-4,7-8,15-18,20H2,1-2H3,(H,32,33,34). The highest BCUT2D eigenvalue weighted by atomic mass is 19.1. The van der Waals surface area contributed by atoms with Gasteiger partial charge >= 0.3 is 6.03 Å². The van der Waals surface area contributed by atoms with E-state index in [9.17, 15) is 9.18 Å². The van der Waals surface area contributed by atoms with Crippen LogP contribution in [0.25, 0.3) is 0 Å². The largest absolute Gasteiger partial charge is 0.369 e. The van der Waals surface area contributed by atoms with Crippen LogP contribution in [0.1, 0.15) is 45.1 Å². The second-order valence-electron chi connectivity index (χ2n) is 11.0. The van der Waals surface area contributed by atoms with E-state index in [4.69, 9.17) is 4.98 Å². The van der Waals surface area contributed by atoms with Crippen LogP contribution in [-0.2, 0) is 6.54 Å². The summed E-state index contributed by atoms with van der Waals surface area (Å²) in [5.74, 6) is 0.656. The number of hydrogen-bond acceptors (Lipinski definition) is 6. The van der Waals surface area contributed by atoms with Gasteiger partial charge in [0.05, 0.1) is 12.2 Å². The fourth-order valence-electron chi connectivity index (χ4n) is 5.97. The Bertz CT molecular complexity index is 1320. The summed E-state index contributed by atoms with van der Waals surface area (Å²) in [5.41, 5.74) is 3.19. The van der Waals surface area contributed by atoms with Gasteiger partial charge in [-0.25, -0.2) is 14.2 Å². The molecule has 6 rings (SSSR count). The first kappa shape index (κ1) is 25.6. The number of amides is 2. The van der Waals surface area contributed by atoms with Crippen LogP contribution in [0.5, 0.6) is 0 Å². The van der Waals surface area contributed by atoms with Gasteiger partial charge in [-0.2, -0.15) is 4.98 Å². The number of carbonyl (C=O) groups excluding carboxylic acids is 1. The van der Waals surface area contributed by atoms with E-state index in [0.717, 1.165) is 63.1 Å². The minimum Gasteiger partial charge on any atom is -0.369 e. The topological polar surface area (TPSA) is 67.8 Å². The number of anilines is 5. The molecule has 0 unspecified atom stereocenters. The number of aromatic nitrogens is 2. The van der Waals surface area contributed by atoms with Crippen LogP contribution in [-0.4, -0.2) is 59.2 Å². The van der Waals surface area contributed by atoms with Crippen molar-refractivity contribution in [2.24, 2.45) is 0 Å². The molecular weight excluding hydrogens is 493 g/mol. The first-order chi connectivity index (χ1) is 19.0. The van der Waals surface area contributed by atoms with Crippen LogP contribution in [0.4, 0.5) is 38.0 Å². The molecule has 1 aromatic heterocycles.